The number of rotatable bonds is 7. The number of aryl methyl sites for hydroxylation is 2. The fourth-order valence-electron chi connectivity index (χ4n) is 3.16. The van der Waals surface area contributed by atoms with Gasteiger partial charge in [0.15, 0.2) is 4.77 Å². The smallest absolute Gasteiger partial charge is 0.293 e. The Morgan fingerprint density at radius 3 is 2.68 bits per heavy atom. The molecule has 2 aromatic rings. The number of aromatic nitrogens is 2. The van der Waals surface area contributed by atoms with E-state index in [1.165, 1.54) is 24.3 Å². The molecule has 0 unspecified atom stereocenters. The topological polar surface area (TPSA) is 95.2 Å². The Hall–Kier alpha value is -2.85. The zero-order valence-electron chi connectivity index (χ0n) is 17.0. The lowest BCUT2D eigenvalue weighted by molar-refractivity contribution is -0.124. The maximum absolute atomic E-state index is 13.0. The van der Waals surface area contributed by atoms with Crippen LogP contribution in [0.15, 0.2) is 29.2 Å². The molecule has 1 fully saturated rings. The normalized spacial score (nSPS) is 15.1. The lowest BCUT2D eigenvalue weighted by Crippen LogP contribution is -2.37. The second-order valence-corrected chi connectivity index (χ2v) is 8.35. The number of nitrogens with zero attached hydrogens (tertiary/aromatic N) is 2. The van der Waals surface area contributed by atoms with E-state index < -0.39 is 11.1 Å². The minimum atomic E-state index is -0.426. The molecule has 1 aliphatic rings. The molecule has 0 radical (unpaired) electrons. The zero-order valence-corrected chi connectivity index (χ0v) is 18.7. The molecule has 1 aromatic carbocycles. The molecule has 2 N–H and O–H groups in total. The van der Waals surface area contributed by atoms with Crippen LogP contribution >= 0.6 is 24.0 Å². The van der Waals surface area contributed by atoms with E-state index in [2.05, 4.69) is 15.3 Å². The van der Waals surface area contributed by atoms with Crippen molar-refractivity contribution in [2.24, 2.45) is 0 Å². The van der Waals surface area contributed by atoms with E-state index >= 15 is 0 Å². The number of amides is 3. The first-order valence-electron chi connectivity index (χ1n) is 9.58. The molecule has 7 nitrogen and oxygen atoms in total. The number of halogens is 1. The summed E-state index contributed by atoms with van der Waals surface area (Å²) in [4.78, 5) is 45.4. The van der Waals surface area contributed by atoms with Crippen molar-refractivity contribution in [3.8, 4) is 0 Å². The summed E-state index contributed by atoms with van der Waals surface area (Å²) in [6.07, 6.45) is 2.30. The van der Waals surface area contributed by atoms with Crippen LogP contribution in [0, 0.1) is 24.4 Å². The maximum Gasteiger partial charge on any atom is 0.293 e. The number of hydrogen-bond donors (Lipinski definition) is 2. The highest BCUT2D eigenvalue weighted by Crippen LogP contribution is 2.31. The molecule has 1 saturated heterocycles. The van der Waals surface area contributed by atoms with Crippen molar-refractivity contribution < 1.29 is 18.8 Å². The summed E-state index contributed by atoms with van der Waals surface area (Å²) in [6.45, 7) is 3.98. The molecule has 0 spiro atoms. The van der Waals surface area contributed by atoms with Gasteiger partial charge >= 0.3 is 0 Å². The van der Waals surface area contributed by atoms with Gasteiger partial charge in [0.25, 0.3) is 11.1 Å². The van der Waals surface area contributed by atoms with Crippen molar-refractivity contribution in [1.82, 2.24) is 20.2 Å². The number of H-pyrrole nitrogens is 1. The van der Waals surface area contributed by atoms with Crippen molar-refractivity contribution in [3.63, 3.8) is 0 Å². The summed E-state index contributed by atoms with van der Waals surface area (Å²) in [7, 11) is 0. The molecule has 162 valence electrons. The zero-order chi connectivity index (χ0) is 22.5. The van der Waals surface area contributed by atoms with Crippen LogP contribution < -0.4 is 5.32 Å². The Morgan fingerprint density at radius 2 is 2.00 bits per heavy atom. The van der Waals surface area contributed by atoms with Crippen molar-refractivity contribution >= 4 is 47.1 Å². The molecule has 1 aromatic heterocycles. The summed E-state index contributed by atoms with van der Waals surface area (Å²) < 4.78 is 13.4. The Morgan fingerprint density at radius 1 is 1.29 bits per heavy atom. The van der Waals surface area contributed by atoms with Crippen LogP contribution in [-0.4, -0.2) is 45.0 Å². The number of carbonyl (C=O) groups excluding carboxylic acids is 3. The molecule has 3 rings (SSSR count). The van der Waals surface area contributed by atoms with Gasteiger partial charge in [0.2, 0.25) is 5.91 Å². The highest BCUT2D eigenvalue weighted by molar-refractivity contribution is 8.18. The van der Waals surface area contributed by atoms with Gasteiger partial charge in [-0.3, -0.25) is 19.3 Å². The van der Waals surface area contributed by atoms with Crippen LogP contribution in [0.2, 0.25) is 0 Å². The number of thioether (sulfide) groups is 1. The van der Waals surface area contributed by atoms with Gasteiger partial charge < -0.3 is 10.3 Å². The van der Waals surface area contributed by atoms with Crippen molar-refractivity contribution in [2.75, 3.05) is 13.1 Å². The number of carbonyl (C=O) groups is 3. The minimum absolute atomic E-state index is 0.0786. The second-order valence-electron chi connectivity index (χ2n) is 6.97. The van der Waals surface area contributed by atoms with Crippen LogP contribution in [0.3, 0.4) is 0 Å². The van der Waals surface area contributed by atoms with Crippen molar-refractivity contribution in [3.05, 3.63) is 62.3 Å². The van der Waals surface area contributed by atoms with Gasteiger partial charge in [0.05, 0.1) is 4.91 Å². The molecule has 0 bridgehead atoms. The molecule has 2 heterocycles. The Kier molecular flexibility index (Phi) is 7.34. The van der Waals surface area contributed by atoms with Gasteiger partial charge in [0, 0.05) is 30.9 Å². The number of aromatic amines is 1. The molecule has 1 aliphatic heterocycles. The molecule has 3 amide bonds. The van der Waals surface area contributed by atoms with Gasteiger partial charge in [-0.05, 0) is 73.6 Å². The van der Waals surface area contributed by atoms with Crippen LogP contribution in [0.5, 0.6) is 0 Å². The van der Waals surface area contributed by atoms with Crippen LogP contribution in [-0.2, 0) is 16.0 Å². The average molecular weight is 461 g/mol. The minimum Gasteiger partial charge on any atom is -0.354 e. The third kappa shape index (κ3) is 5.86. The SMILES string of the molecule is Cc1nc(=S)[nH]c(C)c1CCC(=O)NCCN1C(=O)SC(=Cc2ccc(F)cc2)C1=O. The monoisotopic (exact) mass is 460 g/mol. The lowest BCUT2D eigenvalue weighted by Gasteiger charge is -2.13. The fourth-order valence-corrected chi connectivity index (χ4v) is 4.32. The molecule has 0 aliphatic carbocycles. The second kappa shape index (κ2) is 9.97. The fraction of sp³-hybridized carbons (Fsp3) is 0.286. The lowest BCUT2D eigenvalue weighted by atomic mass is 10.1. The predicted molar refractivity (Wildman–Crippen MR) is 119 cm³/mol. The average Bonchev–Trinajstić information content (AvgIpc) is 2.96. The number of imide groups is 1. The van der Waals surface area contributed by atoms with Gasteiger partial charge in [-0.1, -0.05) is 12.1 Å². The largest absolute Gasteiger partial charge is 0.354 e. The summed E-state index contributed by atoms with van der Waals surface area (Å²) >= 11 is 5.86. The van der Waals surface area contributed by atoms with E-state index in [1.54, 1.807) is 6.08 Å². The third-order valence-electron chi connectivity index (χ3n) is 4.75. The van der Waals surface area contributed by atoms with Crippen LogP contribution in [0.1, 0.15) is 28.9 Å². The highest BCUT2D eigenvalue weighted by atomic mass is 32.2. The standard InChI is InChI=1S/C21H21FN4O3S2/c1-12-16(13(2)25-20(30)24-12)7-8-18(27)23-9-10-26-19(28)17(31-21(26)29)11-14-3-5-15(22)6-4-14/h3-6,11H,7-10H2,1-2H3,(H,23,27)(H,24,25,30). The molecule has 31 heavy (non-hydrogen) atoms. The summed E-state index contributed by atoms with van der Waals surface area (Å²) in [5, 5.41) is 2.34. The van der Waals surface area contributed by atoms with E-state index in [9.17, 15) is 18.8 Å². The van der Waals surface area contributed by atoms with Gasteiger partial charge in [-0.25, -0.2) is 9.37 Å². The van der Waals surface area contributed by atoms with Crippen LogP contribution in [0.25, 0.3) is 6.08 Å². The number of nitrogens with one attached hydrogen (secondary N) is 2. The van der Waals surface area contributed by atoms with E-state index in [0.29, 0.717) is 16.8 Å². The number of hydrogen-bond acceptors (Lipinski definition) is 6. The molecular formula is C21H21FN4O3S2. The first-order chi connectivity index (χ1) is 14.7. The van der Waals surface area contributed by atoms with Gasteiger partial charge in [0.1, 0.15) is 5.82 Å². The third-order valence-corrected chi connectivity index (χ3v) is 5.85. The highest BCUT2D eigenvalue weighted by Gasteiger charge is 2.34. The Balaban J connectivity index is 1.50. The molecular weight excluding hydrogens is 439 g/mol. The first-order valence-corrected chi connectivity index (χ1v) is 10.8. The van der Waals surface area contributed by atoms with E-state index in [1.807, 2.05) is 13.8 Å². The number of benzene rings is 1. The summed E-state index contributed by atoms with van der Waals surface area (Å²) in [5.74, 6) is -0.987. The van der Waals surface area contributed by atoms with Crippen molar-refractivity contribution in [1.29, 1.82) is 0 Å². The molecule has 0 saturated carbocycles. The molecule has 0 atom stereocenters. The van der Waals surface area contributed by atoms with E-state index in [-0.39, 0.29) is 36.1 Å². The first kappa shape index (κ1) is 22.8. The Labute approximate surface area is 188 Å². The van der Waals surface area contributed by atoms with E-state index in [4.69, 9.17) is 12.2 Å². The van der Waals surface area contributed by atoms with Crippen LogP contribution in [0.4, 0.5) is 9.18 Å². The quantitative estimate of drug-likeness (QED) is 0.484. The van der Waals surface area contributed by atoms with E-state index in [0.717, 1.165) is 33.6 Å². The Bertz CT molecular complexity index is 1090. The summed E-state index contributed by atoms with van der Waals surface area (Å²) in [6, 6.07) is 5.63. The summed E-state index contributed by atoms with van der Waals surface area (Å²) in [5.41, 5.74) is 3.25. The van der Waals surface area contributed by atoms with Crippen molar-refractivity contribution in [2.45, 2.75) is 26.7 Å². The van der Waals surface area contributed by atoms with Gasteiger partial charge in [-0.15, -0.1) is 0 Å². The maximum atomic E-state index is 13.0. The predicted octanol–water partition coefficient (Wildman–Crippen LogP) is 3.68. The van der Waals surface area contributed by atoms with Gasteiger partial charge in [-0.2, -0.15) is 0 Å². The molecule has 10 heteroatoms.